The van der Waals surface area contributed by atoms with Gasteiger partial charge in [-0.25, -0.2) is 15.0 Å². The zero-order chi connectivity index (χ0) is 20.1. The van der Waals surface area contributed by atoms with E-state index in [1.54, 1.807) is 11.0 Å². The van der Waals surface area contributed by atoms with Crippen LogP contribution in [0.3, 0.4) is 0 Å². The van der Waals surface area contributed by atoms with Crippen molar-refractivity contribution in [2.24, 2.45) is 5.84 Å². The van der Waals surface area contributed by atoms with Gasteiger partial charge >= 0.3 is 6.03 Å². The SMILES string of the molecule is CN1CCN(C(=O)Nc2ccccc2)C(Cc2ccc(C(=O)NN)cc2F)C1. The number of nitrogens with zero attached hydrogens (tertiary/aromatic N) is 2. The summed E-state index contributed by atoms with van der Waals surface area (Å²) < 4.78 is 14.5. The molecule has 1 fully saturated rings. The number of piperazine rings is 1. The van der Waals surface area contributed by atoms with E-state index in [0.29, 0.717) is 30.8 Å². The minimum atomic E-state index is -0.549. The van der Waals surface area contributed by atoms with Crippen LogP contribution in [0.25, 0.3) is 0 Å². The molecule has 3 rings (SSSR count). The second-order valence-corrected chi connectivity index (χ2v) is 6.89. The molecule has 1 atom stereocenters. The molecule has 3 amide bonds. The van der Waals surface area contributed by atoms with Gasteiger partial charge in [0.25, 0.3) is 5.91 Å². The zero-order valence-corrected chi connectivity index (χ0v) is 15.7. The van der Waals surface area contributed by atoms with Crippen LogP contribution in [0.2, 0.25) is 0 Å². The molecule has 1 unspecified atom stereocenters. The first-order chi connectivity index (χ1) is 13.5. The number of carbonyl (C=O) groups is 2. The van der Waals surface area contributed by atoms with Gasteiger partial charge in [0.15, 0.2) is 0 Å². The van der Waals surface area contributed by atoms with Gasteiger partial charge in [0.2, 0.25) is 0 Å². The standard InChI is InChI=1S/C20H24FN5O2/c1-25-9-10-26(20(28)23-16-5-3-2-4-6-16)17(13-25)11-14-7-8-15(12-18(14)21)19(27)24-22/h2-8,12,17H,9-11,13,22H2,1H3,(H,23,28)(H,24,27). The average molecular weight is 385 g/mol. The number of urea groups is 1. The lowest BCUT2D eigenvalue weighted by Gasteiger charge is -2.40. The summed E-state index contributed by atoms with van der Waals surface area (Å²) in [5.74, 6) is 4.06. The van der Waals surface area contributed by atoms with E-state index in [9.17, 15) is 14.0 Å². The Morgan fingerprint density at radius 3 is 2.61 bits per heavy atom. The molecule has 8 heteroatoms. The van der Waals surface area contributed by atoms with Crippen molar-refractivity contribution < 1.29 is 14.0 Å². The average Bonchev–Trinajstić information content (AvgIpc) is 2.69. The van der Waals surface area contributed by atoms with Crippen molar-refractivity contribution in [3.8, 4) is 0 Å². The fraction of sp³-hybridized carbons (Fsp3) is 0.300. The number of nitrogens with two attached hydrogens (primary N) is 1. The number of nitrogen functional groups attached to an aromatic ring is 1. The summed E-state index contributed by atoms with van der Waals surface area (Å²) in [5, 5.41) is 2.90. The largest absolute Gasteiger partial charge is 0.322 e. The second-order valence-electron chi connectivity index (χ2n) is 6.89. The van der Waals surface area contributed by atoms with Crippen LogP contribution in [-0.2, 0) is 6.42 Å². The van der Waals surface area contributed by atoms with Crippen molar-refractivity contribution in [2.45, 2.75) is 12.5 Å². The highest BCUT2D eigenvalue weighted by molar-refractivity contribution is 5.93. The lowest BCUT2D eigenvalue weighted by molar-refractivity contribution is 0.0953. The van der Waals surface area contributed by atoms with Gasteiger partial charge in [-0.2, -0.15) is 0 Å². The van der Waals surface area contributed by atoms with Gasteiger partial charge in [0, 0.05) is 30.9 Å². The lowest BCUT2D eigenvalue weighted by Crippen LogP contribution is -2.56. The van der Waals surface area contributed by atoms with Gasteiger partial charge < -0.3 is 15.1 Å². The molecule has 0 aromatic heterocycles. The van der Waals surface area contributed by atoms with Crippen LogP contribution < -0.4 is 16.6 Å². The van der Waals surface area contributed by atoms with Crippen LogP contribution in [0.1, 0.15) is 15.9 Å². The number of halogens is 1. The number of nitrogens with one attached hydrogen (secondary N) is 2. The molecule has 28 heavy (non-hydrogen) atoms. The number of hydrazine groups is 1. The molecule has 0 spiro atoms. The Morgan fingerprint density at radius 2 is 1.93 bits per heavy atom. The van der Waals surface area contributed by atoms with Crippen LogP contribution in [0.15, 0.2) is 48.5 Å². The smallest absolute Gasteiger partial charge is 0.319 e. The van der Waals surface area contributed by atoms with E-state index in [4.69, 9.17) is 5.84 Å². The number of hydrogen-bond donors (Lipinski definition) is 3. The highest BCUT2D eigenvalue weighted by Gasteiger charge is 2.30. The summed E-state index contributed by atoms with van der Waals surface area (Å²) in [6.07, 6.45) is 0.350. The van der Waals surface area contributed by atoms with Gasteiger partial charge in [-0.15, -0.1) is 0 Å². The van der Waals surface area contributed by atoms with Crippen LogP contribution in [0.4, 0.5) is 14.9 Å². The number of para-hydroxylation sites is 1. The summed E-state index contributed by atoms with van der Waals surface area (Å²) in [5.41, 5.74) is 3.31. The van der Waals surface area contributed by atoms with Crippen molar-refractivity contribution in [2.75, 3.05) is 32.0 Å². The molecule has 0 saturated carbocycles. The van der Waals surface area contributed by atoms with Gasteiger partial charge in [-0.1, -0.05) is 24.3 Å². The highest BCUT2D eigenvalue weighted by Crippen LogP contribution is 2.19. The molecule has 148 valence electrons. The summed E-state index contributed by atoms with van der Waals surface area (Å²) in [6.45, 7) is 1.93. The van der Waals surface area contributed by atoms with E-state index in [1.807, 2.05) is 42.8 Å². The summed E-state index contributed by atoms with van der Waals surface area (Å²) in [6, 6.07) is 13.1. The molecule has 2 aromatic carbocycles. The third-order valence-corrected chi connectivity index (χ3v) is 4.87. The summed E-state index contributed by atoms with van der Waals surface area (Å²) >= 11 is 0. The Hall–Kier alpha value is -2.97. The van der Waals surface area contributed by atoms with Gasteiger partial charge in [0.1, 0.15) is 5.82 Å². The molecule has 4 N–H and O–H groups in total. The Labute approximate surface area is 163 Å². The highest BCUT2D eigenvalue weighted by atomic mass is 19.1. The van der Waals surface area contributed by atoms with Crippen LogP contribution >= 0.6 is 0 Å². The fourth-order valence-corrected chi connectivity index (χ4v) is 3.36. The van der Waals surface area contributed by atoms with Crippen molar-refractivity contribution in [1.82, 2.24) is 15.2 Å². The predicted octanol–water partition coefficient (Wildman–Crippen LogP) is 1.82. The number of hydrogen-bond acceptors (Lipinski definition) is 4. The Bertz CT molecular complexity index is 846. The lowest BCUT2D eigenvalue weighted by atomic mass is 10.0. The second kappa shape index (κ2) is 8.81. The molecule has 1 heterocycles. The molecule has 1 aliphatic rings. The number of benzene rings is 2. The number of carbonyl (C=O) groups excluding carboxylic acids is 2. The van der Waals surface area contributed by atoms with E-state index in [-0.39, 0.29) is 17.6 Å². The number of amides is 3. The molecule has 0 aliphatic carbocycles. The van der Waals surface area contributed by atoms with Crippen LogP contribution in [0, 0.1) is 5.82 Å². The first kappa shape index (κ1) is 19.8. The monoisotopic (exact) mass is 385 g/mol. The number of anilines is 1. The first-order valence-corrected chi connectivity index (χ1v) is 9.08. The number of rotatable bonds is 4. The first-order valence-electron chi connectivity index (χ1n) is 9.08. The van der Waals surface area contributed by atoms with E-state index in [2.05, 4.69) is 10.2 Å². The minimum absolute atomic E-state index is 0.156. The maximum atomic E-state index is 14.5. The van der Waals surface area contributed by atoms with Crippen LogP contribution in [0.5, 0.6) is 0 Å². The van der Waals surface area contributed by atoms with E-state index >= 15 is 0 Å². The molecule has 2 aromatic rings. The maximum absolute atomic E-state index is 14.5. The van der Waals surface area contributed by atoms with Gasteiger partial charge in [-0.3, -0.25) is 10.2 Å². The molecule has 7 nitrogen and oxygen atoms in total. The molecule has 1 aliphatic heterocycles. The molecular formula is C20H24FN5O2. The van der Waals surface area contributed by atoms with Crippen LogP contribution in [-0.4, -0.2) is 54.5 Å². The van der Waals surface area contributed by atoms with E-state index in [0.717, 1.165) is 6.54 Å². The van der Waals surface area contributed by atoms with Crippen molar-refractivity contribution >= 4 is 17.6 Å². The molecule has 0 radical (unpaired) electrons. The quantitative estimate of drug-likeness (QED) is 0.425. The van der Waals surface area contributed by atoms with Crippen molar-refractivity contribution in [3.63, 3.8) is 0 Å². The summed E-state index contributed by atoms with van der Waals surface area (Å²) in [7, 11) is 1.98. The third-order valence-electron chi connectivity index (χ3n) is 4.87. The Kier molecular flexibility index (Phi) is 6.23. The minimum Gasteiger partial charge on any atom is -0.319 e. The fourth-order valence-electron chi connectivity index (χ4n) is 3.36. The molecule has 1 saturated heterocycles. The van der Waals surface area contributed by atoms with Crippen molar-refractivity contribution in [1.29, 1.82) is 0 Å². The normalized spacial score (nSPS) is 17.2. The Balaban J connectivity index is 1.75. The van der Waals surface area contributed by atoms with Gasteiger partial charge in [-0.05, 0) is 43.3 Å². The summed E-state index contributed by atoms with van der Waals surface area (Å²) in [4.78, 5) is 28.2. The van der Waals surface area contributed by atoms with E-state index in [1.165, 1.54) is 12.1 Å². The topological polar surface area (TPSA) is 90.7 Å². The Morgan fingerprint density at radius 1 is 1.18 bits per heavy atom. The maximum Gasteiger partial charge on any atom is 0.322 e. The predicted molar refractivity (Wildman–Crippen MR) is 105 cm³/mol. The van der Waals surface area contributed by atoms with Crippen molar-refractivity contribution in [3.05, 3.63) is 65.5 Å². The molecule has 0 bridgehead atoms. The van der Waals surface area contributed by atoms with Gasteiger partial charge in [0.05, 0.1) is 6.04 Å². The molecular weight excluding hydrogens is 361 g/mol. The zero-order valence-electron chi connectivity index (χ0n) is 15.7. The number of likely N-dealkylation sites (N-methyl/N-ethyl adjacent to an activating group) is 1. The van der Waals surface area contributed by atoms with E-state index < -0.39 is 11.7 Å². The third kappa shape index (κ3) is 4.65.